The zero-order valence-electron chi connectivity index (χ0n) is 11.5. The molecule has 2 atom stereocenters. The Morgan fingerprint density at radius 3 is 2.42 bits per heavy atom. The summed E-state index contributed by atoms with van der Waals surface area (Å²) >= 11 is 0. The van der Waals surface area contributed by atoms with Gasteiger partial charge in [0.2, 0.25) is 0 Å². The number of rotatable bonds is 3. The minimum absolute atomic E-state index is 0. The van der Waals surface area contributed by atoms with E-state index >= 15 is 0 Å². The first-order valence-corrected chi connectivity index (χ1v) is 6.93. The highest BCUT2D eigenvalue weighted by molar-refractivity contribution is 5.85. The molecule has 0 aromatic rings. The van der Waals surface area contributed by atoms with Crippen LogP contribution in [0.3, 0.4) is 0 Å². The largest absolute Gasteiger partial charge is 0.481 e. The molecule has 6 heteroatoms. The third kappa shape index (κ3) is 4.48. The summed E-state index contributed by atoms with van der Waals surface area (Å²) in [6.07, 6.45) is 5.19. The Balaban J connectivity index is 0.00000162. The predicted molar refractivity (Wildman–Crippen MR) is 81.5 cm³/mol. The first-order valence-electron chi connectivity index (χ1n) is 6.93. The number of likely N-dealkylation sites (tertiary alicyclic amines) is 1. The van der Waals surface area contributed by atoms with Crippen LogP contribution in [0.5, 0.6) is 0 Å². The number of carbonyl (C=O) groups is 1. The zero-order chi connectivity index (χ0) is 12.3. The quantitative estimate of drug-likeness (QED) is 0.838. The Morgan fingerprint density at radius 2 is 1.89 bits per heavy atom. The number of carboxylic acid groups (broad SMARTS) is 1. The van der Waals surface area contributed by atoms with Crippen LogP contribution in [-0.2, 0) is 4.79 Å². The second kappa shape index (κ2) is 9.01. The monoisotopic (exact) mass is 312 g/mol. The van der Waals surface area contributed by atoms with Crippen molar-refractivity contribution in [3.8, 4) is 0 Å². The van der Waals surface area contributed by atoms with Crippen molar-refractivity contribution in [2.75, 3.05) is 19.6 Å². The van der Waals surface area contributed by atoms with Crippen molar-refractivity contribution in [2.45, 2.75) is 51.1 Å². The molecule has 0 amide bonds. The highest BCUT2D eigenvalue weighted by atomic mass is 35.5. The molecule has 19 heavy (non-hydrogen) atoms. The number of carboxylic acids is 1. The van der Waals surface area contributed by atoms with Crippen LogP contribution in [0.15, 0.2) is 0 Å². The lowest BCUT2D eigenvalue weighted by Crippen LogP contribution is -2.54. The third-order valence-corrected chi connectivity index (χ3v) is 4.34. The van der Waals surface area contributed by atoms with E-state index in [0.29, 0.717) is 6.04 Å². The minimum Gasteiger partial charge on any atom is -0.481 e. The second-order valence-corrected chi connectivity index (χ2v) is 5.28. The molecule has 2 saturated heterocycles. The van der Waals surface area contributed by atoms with Gasteiger partial charge in [-0.3, -0.25) is 9.69 Å². The fourth-order valence-corrected chi connectivity index (χ4v) is 3.48. The lowest BCUT2D eigenvalue weighted by molar-refractivity contribution is -0.147. The normalized spacial score (nSPS) is 29.1. The molecule has 2 rings (SSSR count). The molecule has 0 radical (unpaired) electrons. The van der Waals surface area contributed by atoms with E-state index in [4.69, 9.17) is 0 Å². The summed E-state index contributed by atoms with van der Waals surface area (Å²) in [7, 11) is 0. The number of aliphatic carboxylic acids is 1. The smallest absolute Gasteiger partial charge is 0.308 e. The van der Waals surface area contributed by atoms with E-state index in [1.165, 1.54) is 12.8 Å². The van der Waals surface area contributed by atoms with Crippen molar-refractivity contribution in [2.24, 2.45) is 5.92 Å². The summed E-state index contributed by atoms with van der Waals surface area (Å²) in [5, 5.41) is 12.7. The van der Waals surface area contributed by atoms with Gasteiger partial charge < -0.3 is 10.4 Å². The SMILES string of the molecule is CCC1C(C(=O)O)CCCN1C1CCNCC1.Cl.Cl. The van der Waals surface area contributed by atoms with Gasteiger partial charge in [0.1, 0.15) is 0 Å². The summed E-state index contributed by atoms with van der Waals surface area (Å²) in [5.74, 6) is -0.751. The molecule has 0 aliphatic carbocycles. The van der Waals surface area contributed by atoms with Gasteiger partial charge in [-0.2, -0.15) is 0 Å². The number of nitrogens with zero attached hydrogens (tertiary/aromatic N) is 1. The Kier molecular flexibility index (Phi) is 8.99. The number of hydrogen-bond acceptors (Lipinski definition) is 3. The summed E-state index contributed by atoms with van der Waals surface area (Å²) in [5.41, 5.74) is 0. The molecule has 0 aromatic carbocycles. The van der Waals surface area contributed by atoms with Gasteiger partial charge in [-0.25, -0.2) is 0 Å². The van der Waals surface area contributed by atoms with E-state index in [1.54, 1.807) is 0 Å². The van der Waals surface area contributed by atoms with Crippen molar-refractivity contribution in [1.29, 1.82) is 0 Å². The fraction of sp³-hybridized carbons (Fsp3) is 0.923. The first kappa shape index (κ1) is 19.0. The molecular weight excluding hydrogens is 287 g/mol. The van der Waals surface area contributed by atoms with Gasteiger partial charge in [-0.05, 0) is 51.7 Å². The Bertz CT molecular complexity index is 273. The van der Waals surface area contributed by atoms with Crippen molar-refractivity contribution in [3.63, 3.8) is 0 Å². The average molecular weight is 313 g/mol. The molecule has 114 valence electrons. The Hall–Kier alpha value is -0.0300. The fourth-order valence-electron chi connectivity index (χ4n) is 3.48. The van der Waals surface area contributed by atoms with Gasteiger partial charge in [-0.15, -0.1) is 24.8 Å². The summed E-state index contributed by atoms with van der Waals surface area (Å²) in [6.45, 7) is 5.37. The molecule has 2 heterocycles. The van der Waals surface area contributed by atoms with Crippen molar-refractivity contribution in [1.82, 2.24) is 10.2 Å². The molecule has 2 fully saturated rings. The van der Waals surface area contributed by atoms with Crippen molar-refractivity contribution in [3.05, 3.63) is 0 Å². The maximum Gasteiger partial charge on any atom is 0.308 e. The topological polar surface area (TPSA) is 52.6 Å². The molecule has 0 aromatic heterocycles. The van der Waals surface area contributed by atoms with Crippen LogP contribution in [0.1, 0.15) is 39.0 Å². The van der Waals surface area contributed by atoms with Crippen molar-refractivity contribution >= 4 is 30.8 Å². The summed E-state index contributed by atoms with van der Waals surface area (Å²) < 4.78 is 0. The highest BCUT2D eigenvalue weighted by Crippen LogP contribution is 2.30. The highest BCUT2D eigenvalue weighted by Gasteiger charge is 2.37. The lowest BCUT2D eigenvalue weighted by Gasteiger charge is -2.45. The van der Waals surface area contributed by atoms with Gasteiger partial charge in [0.05, 0.1) is 5.92 Å². The van der Waals surface area contributed by atoms with E-state index in [1.807, 2.05) is 0 Å². The average Bonchev–Trinajstić information content (AvgIpc) is 2.38. The van der Waals surface area contributed by atoms with Gasteiger partial charge in [0, 0.05) is 12.1 Å². The Labute approximate surface area is 128 Å². The van der Waals surface area contributed by atoms with Crippen LogP contribution in [-0.4, -0.2) is 47.7 Å². The summed E-state index contributed by atoms with van der Waals surface area (Å²) in [4.78, 5) is 13.8. The van der Waals surface area contributed by atoms with Crippen LogP contribution in [0, 0.1) is 5.92 Å². The van der Waals surface area contributed by atoms with E-state index in [2.05, 4.69) is 17.1 Å². The second-order valence-electron chi connectivity index (χ2n) is 5.28. The number of hydrogen-bond donors (Lipinski definition) is 2. The van der Waals surface area contributed by atoms with Crippen LogP contribution in [0.2, 0.25) is 0 Å². The molecule has 2 aliphatic rings. The van der Waals surface area contributed by atoms with E-state index < -0.39 is 5.97 Å². The van der Waals surface area contributed by atoms with E-state index in [-0.39, 0.29) is 36.8 Å². The van der Waals surface area contributed by atoms with Crippen LogP contribution >= 0.6 is 24.8 Å². The van der Waals surface area contributed by atoms with Gasteiger partial charge in [0.15, 0.2) is 0 Å². The molecular formula is C13H26Cl2N2O2. The predicted octanol–water partition coefficient (Wildman–Crippen LogP) is 2.16. The molecule has 2 aliphatic heterocycles. The molecule has 0 bridgehead atoms. The number of piperidine rings is 2. The maximum absolute atomic E-state index is 11.3. The van der Waals surface area contributed by atoms with E-state index in [9.17, 15) is 9.90 Å². The van der Waals surface area contributed by atoms with Crippen LogP contribution < -0.4 is 5.32 Å². The number of halogens is 2. The third-order valence-electron chi connectivity index (χ3n) is 4.34. The lowest BCUT2D eigenvalue weighted by atomic mass is 9.85. The number of nitrogens with one attached hydrogen (secondary N) is 1. The van der Waals surface area contributed by atoms with Crippen molar-refractivity contribution < 1.29 is 9.90 Å². The summed E-state index contributed by atoms with van der Waals surface area (Å²) in [6, 6.07) is 0.854. The van der Waals surface area contributed by atoms with E-state index in [0.717, 1.165) is 38.9 Å². The molecule has 4 nitrogen and oxygen atoms in total. The zero-order valence-corrected chi connectivity index (χ0v) is 13.1. The first-order chi connectivity index (χ1) is 8.24. The molecule has 0 spiro atoms. The Morgan fingerprint density at radius 1 is 1.26 bits per heavy atom. The van der Waals surface area contributed by atoms with Crippen LogP contribution in [0.4, 0.5) is 0 Å². The molecule has 2 unspecified atom stereocenters. The van der Waals surface area contributed by atoms with Gasteiger partial charge in [0.25, 0.3) is 0 Å². The van der Waals surface area contributed by atoms with Crippen LogP contribution in [0.25, 0.3) is 0 Å². The standard InChI is InChI=1S/C13H24N2O2.2ClH/c1-2-12-11(13(16)17)4-3-9-15(12)10-5-7-14-8-6-10;;/h10-12,14H,2-9H2,1H3,(H,16,17);2*1H. The maximum atomic E-state index is 11.3. The molecule has 2 N–H and O–H groups in total. The van der Waals surface area contributed by atoms with Gasteiger partial charge in [-0.1, -0.05) is 6.92 Å². The van der Waals surface area contributed by atoms with Gasteiger partial charge >= 0.3 is 5.97 Å². The molecule has 0 saturated carbocycles. The minimum atomic E-state index is -0.601.